The highest BCUT2D eigenvalue weighted by Crippen LogP contribution is 1.93. The number of hydrogen-bond donors (Lipinski definition) is 2. The molecule has 0 aromatic rings. The summed E-state index contributed by atoms with van der Waals surface area (Å²) in [6.45, 7) is 6.04. The fourth-order valence-corrected chi connectivity index (χ4v) is 0.318. The van der Waals surface area contributed by atoms with E-state index >= 15 is 0 Å². The minimum absolute atomic E-state index is 0.208. The molecule has 0 spiro atoms. The van der Waals surface area contributed by atoms with Crippen LogP contribution in [0.1, 0.15) is 20.8 Å². The molecular weight excluding hydrogens is 146 g/mol. The van der Waals surface area contributed by atoms with Gasteiger partial charge in [0.15, 0.2) is 5.11 Å². The Hall–Kier alpha value is -0.640. The van der Waals surface area contributed by atoms with E-state index in [9.17, 15) is 0 Å². The molecule has 0 aliphatic carbocycles. The van der Waals surface area contributed by atoms with Gasteiger partial charge in [0.05, 0.1) is 0 Å². The molecule has 10 heavy (non-hydrogen) atoms. The highest BCUT2D eigenvalue weighted by Gasteiger charge is 1.96. The van der Waals surface area contributed by atoms with E-state index in [1.165, 1.54) is 0 Å². The molecule has 0 aromatic heterocycles. The largest absolute Gasteiger partial charge is 0.375 e. The maximum absolute atomic E-state index is 5.15. The Labute approximate surface area is 66.7 Å². The molecule has 0 aliphatic heterocycles. The molecule has 0 rings (SSSR count). The van der Waals surface area contributed by atoms with Crippen LogP contribution in [0.2, 0.25) is 0 Å². The fourth-order valence-electron chi connectivity index (χ4n) is 0.272. The summed E-state index contributed by atoms with van der Waals surface area (Å²) < 4.78 is 0. The van der Waals surface area contributed by atoms with E-state index in [-0.39, 0.29) is 5.11 Å². The molecule has 0 atom stereocenters. The Kier molecular flexibility index (Phi) is 3.95. The Morgan fingerprint density at radius 1 is 1.60 bits per heavy atom. The van der Waals surface area contributed by atoms with Crippen molar-refractivity contribution in [3.05, 3.63) is 0 Å². The van der Waals surface area contributed by atoms with E-state index in [4.69, 9.17) is 5.73 Å². The first-order valence-electron chi connectivity index (χ1n) is 3.13. The van der Waals surface area contributed by atoms with Crippen molar-refractivity contribution >= 4 is 23.0 Å². The molecule has 0 saturated carbocycles. The van der Waals surface area contributed by atoms with Crippen LogP contribution >= 0.6 is 12.2 Å². The summed E-state index contributed by atoms with van der Waals surface area (Å²) in [6, 6.07) is 0. The van der Waals surface area contributed by atoms with Gasteiger partial charge in [-0.2, -0.15) is 5.10 Å². The second-order valence-electron chi connectivity index (χ2n) is 2.38. The second kappa shape index (κ2) is 4.22. The first-order chi connectivity index (χ1) is 4.54. The van der Waals surface area contributed by atoms with Crippen LogP contribution < -0.4 is 11.2 Å². The summed E-state index contributed by atoms with van der Waals surface area (Å²) in [5.41, 5.74) is 8.67. The van der Waals surface area contributed by atoms with Crippen LogP contribution in [0.4, 0.5) is 0 Å². The number of hydrazone groups is 1. The molecule has 0 heterocycles. The minimum atomic E-state index is 0.208. The molecule has 0 aromatic carbocycles. The molecule has 0 amide bonds. The van der Waals surface area contributed by atoms with Gasteiger partial charge in [-0.3, -0.25) is 5.43 Å². The van der Waals surface area contributed by atoms with Crippen LogP contribution in [0, 0.1) is 5.92 Å². The van der Waals surface area contributed by atoms with Crippen LogP contribution in [0.3, 0.4) is 0 Å². The van der Waals surface area contributed by atoms with Crippen molar-refractivity contribution in [1.29, 1.82) is 0 Å². The zero-order valence-corrected chi connectivity index (χ0v) is 7.33. The minimum Gasteiger partial charge on any atom is -0.375 e. The van der Waals surface area contributed by atoms with Gasteiger partial charge in [0, 0.05) is 5.71 Å². The predicted octanol–water partition coefficient (Wildman–Crippen LogP) is 0.851. The van der Waals surface area contributed by atoms with Gasteiger partial charge in [-0.15, -0.1) is 0 Å². The van der Waals surface area contributed by atoms with Gasteiger partial charge in [-0.1, -0.05) is 13.8 Å². The first kappa shape index (κ1) is 9.36. The van der Waals surface area contributed by atoms with Gasteiger partial charge in [0.25, 0.3) is 0 Å². The lowest BCUT2D eigenvalue weighted by Crippen LogP contribution is -2.25. The normalized spacial score (nSPS) is 11.8. The van der Waals surface area contributed by atoms with Gasteiger partial charge in [0.2, 0.25) is 0 Å². The quantitative estimate of drug-likeness (QED) is 0.357. The number of rotatable bonds is 2. The molecule has 3 nitrogen and oxygen atoms in total. The van der Waals surface area contributed by atoms with Gasteiger partial charge < -0.3 is 5.73 Å². The smallest absolute Gasteiger partial charge is 0.184 e. The predicted molar refractivity (Wildman–Crippen MR) is 47.9 cm³/mol. The molecule has 58 valence electrons. The zero-order valence-electron chi connectivity index (χ0n) is 6.51. The average Bonchev–Trinajstić information content (AvgIpc) is 1.82. The number of hydrogen-bond acceptors (Lipinski definition) is 2. The number of nitrogens with two attached hydrogens (primary N) is 1. The fraction of sp³-hybridized carbons (Fsp3) is 0.667. The van der Waals surface area contributed by atoms with Gasteiger partial charge in [0.1, 0.15) is 0 Å². The Bertz CT molecular complexity index is 151. The first-order valence-corrected chi connectivity index (χ1v) is 3.54. The standard InChI is InChI=1S/C6H13N3S/c1-4(2)5(3)8-9-6(7)10/h4H,1-3H3,(H3,7,9,10)/b8-5-. The van der Waals surface area contributed by atoms with E-state index < -0.39 is 0 Å². The maximum Gasteiger partial charge on any atom is 0.184 e. The average molecular weight is 159 g/mol. The van der Waals surface area contributed by atoms with Crippen LogP contribution in [-0.2, 0) is 0 Å². The molecule has 4 heteroatoms. The van der Waals surface area contributed by atoms with E-state index in [2.05, 4.69) is 36.6 Å². The molecule has 0 aliphatic rings. The van der Waals surface area contributed by atoms with Crippen LogP contribution in [0.15, 0.2) is 5.10 Å². The van der Waals surface area contributed by atoms with E-state index in [0.717, 1.165) is 5.71 Å². The SMILES string of the molecule is C/C(=N/NC(N)=S)C(C)C. The Balaban J connectivity index is 3.80. The van der Waals surface area contributed by atoms with Crippen molar-refractivity contribution in [2.24, 2.45) is 16.8 Å². The molecule has 0 unspecified atom stereocenters. The second-order valence-corrected chi connectivity index (χ2v) is 2.82. The van der Waals surface area contributed by atoms with Crippen molar-refractivity contribution in [2.45, 2.75) is 20.8 Å². The van der Waals surface area contributed by atoms with Crippen LogP contribution in [-0.4, -0.2) is 10.8 Å². The summed E-state index contributed by atoms with van der Waals surface area (Å²) >= 11 is 4.56. The Morgan fingerprint density at radius 2 is 2.10 bits per heavy atom. The number of nitrogens with zero attached hydrogens (tertiary/aromatic N) is 1. The van der Waals surface area contributed by atoms with Crippen molar-refractivity contribution in [2.75, 3.05) is 0 Å². The van der Waals surface area contributed by atoms with Crippen molar-refractivity contribution < 1.29 is 0 Å². The lowest BCUT2D eigenvalue weighted by molar-refractivity contribution is 0.853. The van der Waals surface area contributed by atoms with Gasteiger partial charge in [-0.05, 0) is 25.1 Å². The van der Waals surface area contributed by atoms with Crippen molar-refractivity contribution in [3.63, 3.8) is 0 Å². The molecule has 0 bridgehead atoms. The van der Waals surface area contributed by atoms with Crippen molar-refractivity contribution in [3.8, 4) is 0 Å². The summed E-state index contributed by atoms with van der Waals surface area (Å²) in [6.07, 6.45) is 0. The summed E-state index contributed by atoms with van der Waals surface area (Å²) in [7, 11) is 0. The third kappa shape index (κ3) is 4.26. The van der Waals surface area contributed by atoms with Gasteiger partial charge >= 0.3 is 0 Å². The molecule has 0 fully saturated rings. The van der Waals surface area contributed by atoms with Gasteiger partial charge in [-0.25, -0.2) is 0 Å². The van der Waals surface area contributed by atoms with E-state index in [1.807, 2.05) is 6.92 Å². The third-order valence-corrected chi connectivity index (χ3v) is 1.27. The highest BCUT2D eigenvalue weighted by atomic mass is 32.1. The van der Waals surface area contributed by atoms with Crippen LogP contribution in [0.5, 0.6) is 0 Å². The van der Waals surface area contributed by atoms with Crippen molar-refractivity contribution in [1.82, 2.24) is 5.43 Å². The van der Waals surface area contributed by atoms with Crippen LogP contribution in [0.25, 0.3) is 0 Å². The summed E-state index contributed by atoms with van der Waals surface area (Å²) in [4.78, 5) is 0. The molecule has 3 N–H and O–H groups in total. The van der Waals surface area contributed by atoms with E-state index in [1.54, 1.807) is 0 Å². The summed E-state index contributed by atoms with van der Waals surface area (Å²) in [5, 5.41) is 4.13. The molecular formula is C6H13N3S. The number of nitrogens with one attached hydrogen (secondary N) is 1. The third-order valence-electron chi connectivity index (χ3n) is 1.18. The lowest BCUT2D eigenvalue weighted by Gasteiger charge is -2.03. The maximum atomic E-state index is 5.15. The molecule has 0 radical (unpaired) electrons. The summed E-state index contributed by atoms with van der Waals surface area (Å²) in [5.74, 6) is 0.432. The molecule has 0 saturated heterocycles. The monoisotopic (exact) mass is 159 g/mol. The zero-order chi connectivity index (χ0) is 8.15. The Morgan fingerprint density at radius 3 is 2.40 bits per heavy atom. The topological polar surface area (TPSA) is 50.4 Å². The van der Waals surface area contributed by atoms with E-state index in [0.29, 0.717) is 5.92 Å². The lowest BCUT2D eigenvalue weighted by atomic mass is 10.1. The highest BCUT2D eigenvalue weighted by molar-refractivity contribution is 7.80. The number of thiocarbonyl (C=S) groups is 1.